The van der Waals surface area contributed by atoms with E-state index in [-0.39, 0.29) is 30.1 Å². The van der Waals surface area contributed by atoms with Crippen LogP contribution in [0.4, 0.5) is 5.69 Å². The molecule has 0 aromatic carbocycles. The van der Waals surface area contributed by atoms with Gasteiger partial charge in [0.2, 0.25) is 0 Å². The summed E-state index contributed by atoms with van der Waals surface area (Å²) in [6.07, 6.45) is 0.309. The van der Waals surface area contributed by atoms with Gasteiger partial charge in [0.05, 0.1) is 17.7 Å². The number of nitrogens with zero attached hydrogens (tertiary/aromatic N) is 2. The molecule has 1 heterocycles. The molecule has 0 aliphatic heterocycles. The molecule has 0 unspecified atom stereocenters. The van der Waals surface area contributed by atoms with Gasteiger partial charge in [-0.2, -0.15) is 0 Å². The summed E-state index contributed by atoms with van der Waals surface area (Å²) in [5.74, 6) is -0.257. The van der Waals surface area contributed by atoms with Gasteiger partial charge in [0.15, 0.2) is 0 Å². The van der Waals surface area contributed by atoms with Crippen LogP contribution in [0.1, 0.15) is 32.4 Å². The summed E-state index contributed by atoms with van der Waals surface area (Å²) in [4.78, 5) is 33.3. The first-order valence-corrected chi connectivity index (χ1v) is 7.60. The zero-order valence-electron chi connectivity index (χ0n) is 11.4. The maximum atomic E-state index is 11.8. The van der Waals surface area contributed by atoms with Crippen LogP contribution in [0, 0.1) is 10.1 Å². The lowest BCUT2D eigenvalue weighted by atomic mass is 9.97. The van der Waals surface area contributed by atoms with Gasteiger partial charge in [-0.1, -0.05) is 13.8 Å². The fourth-order valence-electron chi connectivity index (χ4n) is 2.15. The summed E-state index contributed by atoms with van der Waals surface area (Å²) >= 11 is 0. The van der Waals surface area contributed by atoms with E-state index in [2.05, 4.69) is 4.98 Å². The SMILES string of the molecule is CCC(CC)(c1ccc([N+](=O)[O-])c(OC)n1)P(=O)(O)O. The van der Waals surface area contributed by atoms with Crippen LogP contribution in [0.3, 0.4) is 0 Å². The van der Waals surface area contributed by atoms with Crippen molar-refractivity contribution in [3.8, 4) is 5.88 Å². The van der Waals surface area contributed by atoms with Gasteiger partial charge in [-0.25, -0.2) is 4.98 Å². The molecule has 1 rings (SSSR count). The Morgan fingerprint density at radius 2 is 1.95 bits per heavy atom. The Morgan fingerprint density at radius 1 is 1.40 bits per heavy atom. The maximum absolute atomic E-state index is 11.8. The van der Waals surface area contributed by atoms with Gasteiger partial charge >= 0.3 is 13.3 Å². The maximum Gasteiger partial charge on any atom is 0.337 e. The van der Waals surface area contributed by atoms with Crippen molar-refractivity contribution < 1.29 is 24.0 Å². The highest BCUT2D eigenvalue weighted by atomic mass is 31.2. The molecule has 20 heavy (non-hydrogen) atoms. The molecule has 2 N–H and O–H groups in total. The zero-order valence-corrected chi connectivity index (χ0v) is 12.3. The molecule has 0 saturated heterocycles. The number of hydrogen-bond donors (Lipinski definition) is 2. The van der Waals surface area contributed by atoms with E-state index in [1.54, 1.807) is 13.8 Å². The van der Waals surface area contributed by atoms with Crippen LogP contribution in [0.15, 0.2) is 12.1 Å². The van der Waals surface area contributed by atoms with E-state index in [1.807, 2.05) is 0 Å². The number of methoxy groups -OCH3 is 1. The van der Waals surface area contributed by atoms with Crippen LogP contribution in [0.2, 0.25) is 0 Å². The first kappa shape index (κ1) is 16.6. The van der Waals surface area contributed by atoms with Crippen LogP contribution in [0.5, 0.6) is 5.88 Å². The van der Waals surface area contributed by atoms with Crippen molar-refractivity contribution in [3.63, 3.8) is 0 Å². The highest BCUT2D eigenvalue weighted by molar-refractivity contribution is 7.53. The van der Waals surface area contributed by atoms with E-state index in [1.165, 1.54) is 13.2 Å². The smallest absolute Gasteiger partial charge is 0.337 e. The number of pyridine rings is 1. The average molecular weight is 304 g/mol. The predicted octanol–water partition coefficient (Wildman–Crippen LogP) is 2.19. The normalized spacial score (nSPS) is 12.2. The molecule has 0 atom stereocenters. The van der Waals surface area contributed by atoms with Crippen molar-refractivity contribution in [2.75, 3.05) is 7.11 Å². The fourth-order valence-corrected chi connectivity index (χ4v) is 3.40. The Balaban J connectivity index is 3.52. The van der Waals surface area contributed by atoms with E-state index in [4.69, 9.17) is 4.74 Å². The molecule has 112 valence electrons. The Kier molecular flexibility index (Phi) is 4.86. The number of aromatic nitrogens is 1. The van der Waals surface area contributed by atoms with Crippen LogP contribution < -0.4 is 4.74 Å². The Morgan fingerprint density at radius 3 is 2.30 bits per heavy atom. The quantitative estimate of drug-likeness (QED) is 0.469. The van der Waals surface area contributed by atoms with Gasteiger partial charge in [-0.05, 0) is 18.9 Å². The number of hydrogen-bond acceptors (Lipinski definition) is 5. The molecule has 0 radical (unpaired) electrons. The molecule has 0 aliphatic rings. The van der Waals surface area contributed by atoms with E-state index < -0.39 is 17.7 Å². The molecular formula is C11H17N2O6P. The third-order valence-corrected chi connectivity index (χ3v) is 5.41. The summed E-state index contributed by atoms with van der Waals surface area (Å²) < 4.78 is 16.7. The molecule has 8 nitrogen and oxygen atoms in total. The monoisotopic (exact) mass is 304 g/mol. The fraction of sp³-hybridized carbons (Fsp3) is 0.545. The Bertz CT molecular complexity index is 552. The van der Waals surface area contributed by atoms with Gasteiger partial charge in [0.1, 0.15) is 5.16 Å². The van der Waals surface area contributed by atoms with Crippen molar-refractivity contribution in [2.24, 2.45) is 0 Å². The summed E-state index contributed by atoms with van der Waals surface area (Å²) in [6, 6.07) is 2.42. The number of ether oxygens (including phenoxy) is 1. The van der Waals surface area contributed by atoms with Crippen molar-refractivity contribution in [1.29, 1.82) is 0 Å². The Labute approximate surface area is 116 Å². The molecule has 0 saturated carbocycles. The second-order valence-corrected chi connectivity index (χ2v) is 6.21. The van der Waals surface area contributed by atoms with Gasteiger partial charge in [-0.3, -0.25) is 14.7 Å². The molecule has 0 spiro atoms. The molecule has 1 aromatic rings. The lowest BCUT2D eigenvalue weighted by Gasteiger charge is -2.31. The van der Waals surface area contributed by atoms with Crippen LogP contribution in [-0.2, 0) is 9.72 Å². The minimum absolute atomic E-state index is 0.0956. The molecule has 0 aliphatic carbocycles. The zero-order chi connectivity index (χ0) is 15.6. The summed E-state index contributed by atoms with van der Waals surface area (Å²) in [5, 5.41) is 9.35. The first-order chi connectivity index (χ1) is 9.23. The van der Waals surface area contributed by atoms with Crippen molar-refractivity contribution >= 4 is 13.3 Å². The van der Waals surface area contributed by atoms with E-state index in [0.717, 1.165) is 6.07 Å². The van der Waals surface area contributed by atoms with Gasteiger partial charge in [-0.15, -0.1) is 0 Å². The molecule has 1 aromatic heterocycles. The van der Waals surface area contributed by atoms with Crippen LogP contribution in [0.25, 0.3) is 0 Å². The highest BCUT2D eigenvalue weighted by Gasteiger charge is 2.47. The van der Waals surface area contributed by atoms with Crippen LogP contribution >= 0.6 is 7.60 Å². The minimum atomic E-state index is -4.49. The summed E-state index contributed by atoms with van der Waals surface area (Å²) in [7, 11) is -3.27. The third-order valence-electron chi connectivity index (χ3n) is 3.43. The van der Waals surface area contributed by atoms with Crippen molar-refractivity contribution in [1.82, 2.24) is 4.98 Å². The largest absolute Gasteiger partial charge is 0.476 e. The lowest BCUT2D eigenvalue weighted by Crippen LogP contribution is -2.26. The van der Waals surface area contributed by atoms with Gasteiger partial charge < -0.3 is 14.5 Å². The first-order valence-electron chi connectivity index (χ1n) is 5.99. The summed E-state index contributed by atoms with van der Waals surface area (Å²) in [5.41, 5.74) is -0.249. The number of rotatable bonds is 6. The number of nitro groups is 1. The minimum Gasteiger partial charge on any atom is -0.476 e. The Hall–Kier alpha value is -1.50. The van der Waals surface area contributed by atoms with Gasteiger partial charge in [0.25, 0.3) is 5.88 Å². The third kappa shape index (κ3) is 2.67. The predicted molar refractivity (Wildman–Crippen MR) is 71.7 cm³/mol. The summed E-state index contributed by atoms with van der Waals surface area (Å²) in [6.45, 7) is 3.27. The van der Waals surface area contributed by atoms with Crippen molar-refractivity contribution in [3.05, 3.63) is 27.9 Å². The topological polar surface area (TPSA) is 123 Å². The second-order valence-electron chi connectivity index (χ2n) is 4.26. The highest BCUT2D eigenvalue weighted by Crippen LogP contribution is 2.60. The van der Waals surface area contributed by atoms with Crippen LogP contribution in [-0.4, -0.2) is 26.8 Å². The van der Waals surface area contributed by atoms with Gasteiger partial charge in [0, 0.05) is 6.07 Å². The lowest BCUT2D eigenvalue weighted by molar-refractivity contribution is -0.386. The standard InChI is InChI=1S/C11H17N2O6P/c1-4-11(5-2,20(16,17)18)9-7-6-8(13(14)15)10(12-9)19-3/h6-7H,4-5H2,1-3H3,(H2,16,17,18). The van der Waals surface area contributed by atoms with E-state index in [9.17, 15) is 24.5 Å². The molecule has 0 amide bonds. The van der Waals surface area contributed by atoms with Crippen molar-refractivity contribution in [2.45, 2.75) is 31.8 Å². The van der Waals surface area contributed by atoms with E-state index >= 15 is 0 Å². The molecular weight excluding hydrogens is 287 g/mol. The average Bonchev–Trinajstić information content (AvgIpc) is 2.38. The van der Waals surface area contributed by atoms with E-state index in [0.29, 0.717) is 0 Å². The molecule has 0 bridgehead atoms. The molecule has 0 fully saturated rings. The molecule has 9 heteroatoms. The second kappa shape index (κ2) is 5.87.